The highest BCUT2D eigenvalue weighted by molar-refractivity contribution is 5.37. The predicted octanol–water partition coefficient (Wildman–Crippen LogP) is 3.64. The Morgan fingerprint density at radius 2 is 1.95 bits per heavy atom. The molecule has 0 spiro atoms. The molecule has 1 heterocycles. The molecule has 2 heteroatoms. The van der Waals surface area contributed by atoms with Crippen molar-refractivity contribution in [3.63, 3.8) is 0 Å². The number of aryl methyl sites for hydroxylation is 1. The molecule has 2 aromatic carbocycles. The minimum Gasteiger partial charge on any atom is -0.508 e. The van der Waals surface area contributed by atoms with Gasteiger partial charge in [-0.2, -0.15) is 0 Å². The van der Waals surface area contributed by atoms with Gasteiger partial charge in [0.25, 0.3) is 0 Å². The molecule has 1 unspecified atom stereocenters. The van der Waals surface area contributed by atoms with Gasteiger partial charge in [0.15, 0.2) is 0 Å². The molecule has 2 aromatic rings. The Kier molecular flexibility index (Phi) is 3.51. The van der Waals surface area contributed by atoms with Crippen LogP contribution in [0.2, 0.25) is 0 Å². The van der Waals surface area contributed by atoms with Crippen LogP contribution in [-0.2, 0) is 17.6 Å². The SMILES string of the molecule is Oc1ccc2c(c1)CCOC2CCc1ccccc1. The fraction of sp³-hybridized carbons (Fsp3) is 0.294. The van der Waals surface area contributed by atoms with Gasteiger partial charge in [-0.3, -0.25) is 0 Å². The van der Waals surface area contributed by atoms with E-state index in [1.807, 2.05) is 18.2 Å². The van der Waals surface area contributed by atoms with Crippen molar-refractivity contribution in [3.05, 3.63) is 65.2 Å². The van der Waals surface area contributed by atoms with Crippen LogP contribution >= 0.6 is 0 Å². The first-order chi connectivity index (χ1) is 9.33. The third kappa shape index (κ3) is 2.79. The van der Waals surface area contributed by atoms with E-state index in [-0.39, 0.29) is 6.10 Å². The lowest BCUT2D eigenvalue weighted by Crippen LogP contribution is -2.16. The van der Waals surface area contributed by atoms with Gasteiger partial charge in [-0.25, -0.2) is 0 Å². The average Bonchev–Trinajstić information content (AvgIpc) is 2.45. The average molecular weight is 254 g/mol. The summed E-state index contributed by atoms with van der Waals surface area (Å²) in [4.78, 5) is 0. The molecule has 0 radical (unpaired) electrons. The van der Waals surface area contributed by atoms with Gasteiger partial charge in [0.05, 0.1) is 12.7 Å². The summed E-state index contributed by atoms with van der Waals surface area (Å²) in [6.45, 7) is 0.746. The van der Waals surface area contributed by atoms with Crippen LogP contribution in [0, 0.1) is 0 Å². The Hall–Kier alpha value is -1.80. The topological polar surface area (TPSA) is 29.5 Å². The number of benzene rings is 2. The lowest BCUT2D eigenvalue weighted by atomic mass is 9.93. The Bertz CT molecular complexity index is 548. The predicted molar refractivity (Wildman–Crippen MR) is 75.3 cm³/mol. The zero-order valence-electron chi connectivity index (χ0n) is 10.9. The molecule has 19 heavy (non-hydrogen) atoms. The monoisotopic (exact) mass is 254 g/mol. The second-order valence-corrected chi connectivity index (χ2v) is 5.02. The molecule has 3 rings (SSSR count). The third-order valence-corrected chi connectivity index (χ3v) is 3.70. The second kappa shape index (κ2) is 5.45. The summed E-state index contributed by atoms with van der Waals surface area (Å²) in [5.41, 5.74) is 3.81. The highest BCUT2D eigenvalue weighted by atomic mass is 16.5. The van der Waals surface area contributed by atoms with Crippen molar-refractivity contribution < 1.29 is 9.84 Å². The summed E-state index contributed by atoms with van der Waals surface area (Å²) in [5.74, 6) is 0.349. The molecule has 1 aliphatic rings. The molecule has 0 amide bonds. The lowest BCUT2D eigenvalue weighted by Gasteiger charge is -2.26. The largest absolute Gasteiger partial charge is 0.508 e. The molecule has 1 N–H and O–H groups in total. The van der Waals surface area contributed by atoms with E-state index in [1.165, 1.54) is 16.7 Å². The minimum absolute atomic E-state index is 0.157. The third-order valence-electron chi connectivity index (χ3n) is 3.70. The fourth-order valence-electron chi connectivity index (χ4n) is 2.70. The maximum absolute atomic E-state index is 9.54. The first kappa shape index (κ1) is 12.2. The van der Waals surface area contributed by atoms with Crippen LogP contribution in [0.4, 0.5) is 0 Å². The standard InChI is InChI=1S/C17H18O2/c18-15-7-8-16-14(12-15)10-11-19-17(16)9-6-13-4-2-1-3-5-13/h1-5,7-8,12,17-18H,6,9-11H2. The fourth-order valence-corrected chi connectivity index (χ4v) is 2.70. The summed E-state index contributed by atoms with van der Waals surface area (Å²) in [6, 6.07) is 16.1. The molecule has 0 saturated heterocycles. The van der Waals surface area contributed by atoms with E-state index in [0.717, 1.165) is 25.9 Å². The Balaban J connectivity index is 1.73. The van der Waals surface area contributed by atoms with Crippen LogP contribution in [0.15, 0.2) is 48.5 Å². The normalized spacial score (nSPS) is 18.0. The Morgan fingerprint density at radius 1 is 1.11 bits per heavy atom. The molecular weight excluding hydrogens is 236 g/mol. The summed E-state index contributed by atoms with van der Waals surface area (Å²) in [6.07, 6.45) is 3.06. The number of aromatic hydroxyl groups is 1. The van der Waals surface area contributed by atoms with Crippen LogP contribution in [0.5, 0.6) is 5.75 Å². The van der Waals surface area contributed by atoms with Crippen LogP contribution in [0.1, 0.15) is 29.2 Å². The van der Waals surface area contributed by atoms with E-state index in [9.17, 15) is 5.11 Å². The number of hydrogen-bond acceptors (Lipinski definition) is 2. The van der Waals surface area contributed by atoms with E-state index in [4.69, 9.17) is 4.74 Å². The summed E-state index contributed by atoms with van der Waals surface area (Å²) < 4.78 is 5.88. The molecule has 0 fully saturated rings. The van der Waals surface area contributed by atoms with E-state index >= 15 is 0 Å². The molecule has 2 nitrogen and oxygen atoms in total. The van der Waals surface area contributed by atoms with Crippen molar-refractivity contribution in [1.82, 2.24) is 0 Å². The second-order valence-electron chi connectivity index (χ2n) is 5.02. The van der Waals surface area contributed by atoms with Crippen LogP contribution in [-0.4, -0.2) is 11.7 Å². The van der Waals surface area contributed by atoms with Crippen molar-refractivity contribution >= 4 is 0 Å². The molecule has 98 valence electrons. The molecule has 0 aliphatic carbocycles. The quantitative estimate of drug-likeness (QED) is 0.906. The van der Waals surface area contributed by atoms with Gasteiger partial charge in [0.2, 0.25) is 0 Å². The molecule has 1 aliphatic heterocycles. The van der Waals surface area contributed by atoms with Gasteiger partial charge in [-0.15, -0.1) is 0 Å². The van der Waals surface area contributed by atoms with E-state index < -0.39 is 0 Å². The minimum atomic E-state index is 0.157. The molecular formula is C17H18O2. The smallest absolute Gasteiger partial charge is 0.115 e. The Labute approximate surface area is 113 Å². The maximum Gasteiger partial charge on any atom is 0.115 e. The van der Waals surface area contributed by atoms with Crippen molar-refractivity contribution in [3.8, 4) is 5.75 Å². The number of phenolic OH excluding ortho intramolecular Hbond substituents is 1. The number of rotatable bonds is 3. The highest BCUT2D eigenvalue weighted by Gasteiger charge is 2.20. The van der Waals surface area contributed by atoms with Gasteiger partial charge >= 0.3 is 0 Å². The molecule has 0 saturated carbocycles. The van der Waals surface area contributed by atoms with Gasteiger partial charge < -0.3 is 9.84 Å². The van der Waals surface area contributed by atoms with Gasteiger partial charge in [0, 0.05) is 0 Å². The van der Waals surface area contributed by atoms with Gasteiger partial charge in [-0.1, -0.05) is 36.4 Å². The van der Waals surface area contributed by atoms with E-state index in [0.29, 0.717) is 5.75 Å². The molecule has 1 atom stereocenters. The summed E-state index contributed by atoms with van der Waals surface area (Å²) >= 11 is 0. The highest BCUT2D eigenvalue weighted by Crippen LogP contribution is 2.32. The Morgan fingerprint density at radius 3 is 2.79 bits per heavy atom. The van der Waals surface area contributed by atoms with Crippen molar-refractivity contribution in [2.24, 2.45) is 0 Å². The summed E-state index contributed by atoms with van der Waals surface area (Å²) in [7, 11) is 0. The van der Waals surface area contributed by atoms with Crippen LogP contribution in [0.3, 0.4) is 0 Å². The zero-order valence-corrected chi connectivity index (χ0v) is 10.9. The van der Waals surface area contributed by atoms with Crippen molar-refractivity contribution in [1.29, 1.82) is 0 Å². The summed E-state index contributed by atoms with van der Waals surface area (Å²) in [5, 5.41) is 9.54. The van der Waals surface area contributed by atoms with Crippen LogP contribution in [0.25, 0.3) is 0 Å². The van der Waals surface area contributed by atoms with Crippen LogP contribution < -0.4 is 0 Å². The number of fused-ring (bicyclic) bond motifs is 1. The zero-order chi connectivity index (χ0) is 13.1. The van der Waals surface area contributed by atoms with E-state index in [2.05, 4.69) is 24.3 Å². The van der Waals surface area contributed by atoms with E-state index in [1.54, 1.807) is 6.07 Å². The van der Waals surface area contributed by atoms with Crippen molar-refractivity contribution in [2.45, 2.75) is 25.4 Å². The van der Waals surface area contributed by atoms with Crippen molar-refractivity contribution in [2.75, 3.05) is 6.61 Å². The first-order valence-electron chi connectivity index (χ1n) is 6.80. The number of phenols is 1. The van der Waals surface area contributed by atoms with Gasteiger partial charge in [-0.05, 0) is 48.1 Å². The lowest BCUT2D eigenvalue weighted by molar-refractivity contribution is 0.0367. The number of ether oxygens (including phenoxy) is 1. The molecule has 0 bridgehead atoms. The number of hydrogen-bond donors (Lipinski definition) is 1. The molecule has 0 aromatic heterocycles. The first-order valence-corrected chi connectivity index (χ1v) is 6.80. The maximum atomic E-state index is 9.54. The van der Waals surface area contributed by atoms with Gasteiger partial charge in [0.1, 0.15) is 5.75 Å².